The quantitative estimate of drug-likeness (QED) is 0.586. The van der Waals surface area contributed by atoms with Gasteiger partial charge in [0.15, 0.2) is 17.0 Å². The van der Waals surface area contributed by atoms with Gasteiger partial charge in [-0.3, -0.25) is 0 Å². The summed E-state index contributed by atoms with van der Waals surface area (Å²) in [5.41, 5.74) is 1.60. The Kier molecular flexibility index (Phi) is 6.80. The summed E-state index contributed by atoms with van der Waals surface area (Å²) in [6.45, 7) is 8.97. The smallest absolute Gasteiger partial charge is 0.227 e. The first-order valence-corrected chi connectivity index (χ1v) is 8.69. The molecule has 1 saturated heterocycles. The van der Waals surface area contributed by atoms with Crippen LogP contribution in [0.15, 0.2) is 6.33 Å². The molecule has 3 heterocycles. The lowest BCUT2D eigenvalue weighted by Crippen LogP contribution is -2.30. The van der Waals surface area contributed by atoms with Gasteiger partial charge >= 0.3 is 0 Å². The molecule has 4 N–H and O–H groups in total. The Balaban J connectivity index is 0.00000225. The van der Waals surface area contributed by atoms with Gasteiger partial charge in [0.1, 0.15) is 0 Å². The molecule has 1 aliphatic heterocycles. The molecule has 140 valence electrons. The Bertz CT molecular complexity index is 684. The van der Waals surface area contributed by atoms with E-state index in [-0.39, 0.29) is 31.0 Å². The van der Waals surface area contributed by atoms with Gasteiger partial charge < -0.3 is 25.6 Å². The monoisotopic (exact) mass is 369 g/mol. The summed E-state index contributed by atoms with van der Waals surface area (Å²) in [7, 11) is 0. The molecule has 0 amide bonds. The normalized spacial score (nSPS) is 18.4. The molecule has 0 saturated carbocycles. The van der Waals surface area contributed by atoms with Crippen molar-refractivity contribution in [1.82, 2.24) is 24.8 Å². The lowest BCUT2D eigenvalue weighted by molar-refractivity contribution is 0.248. The zero-order chi connectivity index (χ0) is 17.1. The molecule has 2 aromatic heterocycles. The van der Waals surface area contributed by atoms with E-state index < -0.39 is 0 Å². The van der Waals surface area contributed by atoms with Crippen LogP contribution in [0.1, 0.15) is 27.2 Å². The lowest BCUT2D eigenvalue weighted by Gasteiger charge is -2.21. The van der Waals surface area contributed by atoms with Crippen LogP contribution in [0.5, 0.6) is 0 Å². The second kappa shape index (κ2) is 8.64. The fraction of sp³-hybridized carbons (Fsp3) is 0.688. The third kappa shape index (κ3) is 4.31. The topological polar surface area (TPSA) is 99.9 Å². The number of fused-ring (bicyclic) bond motifs is 1. The molecular formula is C16H28ClN7O. The van der Waals surface area contributed by atoms with E-state index >= 15 is 0 Å². The zero-order valence-electron chi connectivity index (χ0n) is 15.0. The summed E-state index contributed by atoms with van der Waals surface area (Å²) < 4.78 is 2.00. The molecule has 0 aromatic carbocycles. The number of nitrogens with one attached hydrogen (secondary N) is 3. The number of hydrogen-bond acceptors (Lipinski definition) is 7. The zero-order valence-corrected chi connectivity index (χ0v) is 15.8. The summed E-state index contributed by atoms with van der Waals surface area (Å²) >= 11 is 0. The molecular weight excluding hydrogens is 342 g/mol. The summed E-state index contributed by atoms with van der Waals surface area (Å²) in [6.07, 6.45) is 2.86. The number of aromatic nitrogens is 4. The Morgan fingerprint density at radius 3 is 2.80 bits per heavy atom. The highest BCUT2D eigenvalue weighted by atomic mass is 35.5. The van der Waals surface area contributed by atoms with Gasteiger partial charge in [-0.05, 0) is 25.8 Å². The first kappa shape index (κ1) is 19.7. The number of imidazole rings is 1. The average Bonchev–Trinajstić information content (AvgIpc) is 3.21. The number of hydrogen-bond donors (Lipinski definition) is 4. The second-order valence-electron chi connectivity index (χ2n) is 6.61. The minimum Gasteiger partial charge on any atom is -0.394 e. The van der Waals surface area contributed by atoms with Crippen LogP contribution in [0.4, 0.5) is 11.8 Å². The fourth-order valence-electron chi connectivity index (χ4n) is 2.90. The maximum atomic E-state index is 9.57. The molecule has 0 spiro atoms. The van der Waals surface area contributed by atoms with E-state index in [1.165, 1.54) is 0 Å². The van der Waals surface area contributed by atoms with E-state index in [4.69, 9.17) is 0 Å². The van der Waals surface area contributed by atoms with Crippen molar-refractivity contribution in [2.45, 2.75) is 45.8 Å². The van der Waals surface area contributed by atoms with Gasteiger partial charge in [-0.25, -0.2) is 4.98 Å². The van der Waals surface area contributed by atoms with Gasteiger partial charge in [0.05, 0.1) is 19.0 Å². The summed E-state index contributed by atoms with van der Waals surface area (Å²) in [5, 5.41) is 19.7. The van der Waals surface area contributed by atoms with Gasteiger partial charge in [0.2, 0.25) is 5.95 Å². The molecule has 0 aliphatic carbocycles. The highest BCUT2D eigenvalue weighted by molar-refractivity contribution is 5.85. The molecule has 0 radical (unpaired) electrons. The number of nitrogens with zero attached hydrogens (tertiary/aromatic N) is 4. The van der Waals surface area contributed by atoms with Crippen LogP contribution in [-0.2, 0) is 6.54 Å². The predicted octanol–water partition coefficient (Wildman–Crippen LogP) is 1.47. The lowest BCUT2D eigenvalue weighted by atomic mass is 10.1. The second-order valence-corrected chi connectivity index (χ2v) is 6.61. The van der Waals surface area contributed by atoms with Crippen molar-refractivity contribution < 1.29 is 5.11 Å². The van der Waals surface area contributed by atoms with Crippen molar-refractivity contribution in [1.29, 1.82) is 0 Å². The number of aliphatic hydroxyl groups is 1. The molecule has 1 fully saturated rings. The molecule has 9 heteroatoms. The largest absolute Gasteiger partial charge is 0.394 e. The Morgan fingerprint density at radius 1 is 1.40 bits per heavy atom. The van der Waals surface area contributed by atoms with E-state index in [9.17, 15) is 5.11 Å². The van der Waals surface area contributed by atoms with E-state index in [2.05, 4.69) is 51.7 Å². The highest BCUT2D eigenvalue weighted by Crippen LogP contribution is 2.23. The Hall–Kier alpha value is -1.64. The van der Waals surface area contributed by atoms with Crippen LogP contribution in [-0.4, -0.2) is 56.4 Å². The third-order valence-electron chi connectivity index (χ3n) is 4.52. The number of anilines is 2. The molecule has 0 bridgehead atoms. The van der Waals surface area contributed by atoms with Crippen LogP contribution in [0.3, 0.4) is 0 Å². The van der Waals surface area contributed by atoms with Gasteiger partial charge in [-0.15, -0.1) is 12.4 Å². The van der Waals surface area contributed by atoms with Crippen molar-refractivity contribution in [3.8, 4) is 0 Å². The van der Waals surface area contributed by atoms with Crippen molar-refractivity contribution in [3.63, 3.8) is 0 Å². The Labute approximate surface area is 154 Å². The summed E-state index contributed by atoms with van der Waals surface area (Å²) in [6, 6.07) is 0.267. The molecule has 3 rings (SSSR count). The van der Waals surface area contributed by atoms with Crippen LogP contribution in [0, 0.1) is 5.92 Å². The first-order valence-electron chi connectivity index (χ1n) is 8.69. The van der Waals surface area contributed by atoms with Crippen LogP contribution in [0.25, 0.3) is 11.2 Å². The number of rotatable bonds is 7. The standard InChI is InChI=1S/C16H27N7O.ClH/c1-4-23-9-18-13-14(19-11-5-6-17-7-11)21-16(22-15(13)23)20-12(8-24)10(2)3;/h9-12,17,24H,4-8H2,1-3H3,(H2,19,20,21,22);1H/t11-,12-;/m0./s1. The molecule has 8 nitrogen and oxygen atoms in total. The minimum atomic E-state index is -0.0820. The van der Waals surface area contributed by atoms with Crippen molar-refractivity contribution in [2.75, 3.05) is 30.3 Å². The SMILES string of the molecule is CCn1cnc2c(N[C@H]3CCNC3)nc(N[C@@H](CO)C(C)C)nc21.Cl. The van der Waals surface area contributed by atoms with Gasteiger partial charge in [-0.1, -0.05) is 13.8 Å². The van der Waals surface area contributed by atoms with Gasteiger partial charge in [0.25, 0.3) is 0 Å². The van der Waals surface area contributed by atoms with Crippen molar-refractivity contribution in [3.05, 3.63) is 6.33 Å². The fourth-order valence-corrected chi connectivity index (χ4v) is 2.90. The summed E-state index contributed by atoms with van der Waals surface area (Å²) in [5.74, 6) is 1.56. The maximum absolute atomic E-state index is 9.57. The number of aryl methyl sites for hydroxylation is 1. The summed E-state index contributed by atoms with van der Waals surface area (Å²) in [4.78, 5) is 13.7. The minimum absolute atomic E-state index is 0. The van der Waals surface area contributed by atoms with Crippen molar-refractivity contribution in [2.24, 2.45) is 5.92 Å². The highest BCUT2D eigenvalue weighted by Gasteiger charge is 2.20. The van der Waals surface area contributed by atoms with Crippen molar-refractivity contribution >= 4 is 35.3 Å². The third-order valence-corrected chi connectivity index (χ3v) is 4.52. The number of aliphatic hydroxyl groups excluding tert-OH is 1. The van der Waals surface area contributed by atoms with Crippen LogP contribution >= 0.6 is 12.4 Å². The number of halogens is 1. The van der Waals surface area contributed by atoms with Gasteiger partial charge in [0, 0.05) is 19.1 Å². The molecule has 2 aromatic rings. The molecule has 25 heavy (non-hydrogen) atoms. The predicted molar refractivity (Wildman–Crippen MR) is 102 cm³/mol. The van der Waals surface area contributed by atoms with E-state index in [0.717, 1.165) is 43.0 Å². The van der Waals surface area contributed by atoms with Crippen LogP contribution < -0.4 is 16.0 Å². The average molecular weight is 370 g/mol. The van der Waals surface area contributed by atoms with E-state index in [1.807, 2.05) is 4.57 Å². The maximum Gasteiger partial charge on any atom is 0.227 e. The van der Waals surface area contributed by atoms with Crippen LogP contribution in [0.2, 0.25) is 0 Å². The van der Waals surface area contributed by atoms with Gasteiger partial charge in [-0.2, -0.15) is 9.97 Å². The first-order chi connectivity index (χ1) is 11.6. The molecule has 0 unspecified atom stereocenters. The van der Waals surface area contributed by atoms with E-state index in [0.29, 0.717) is 12.0 Å². The molecule has 2 atom stereocenters. The molecule has 1 aliphatic rings. The Morgan fingerprint density at radius 2 is 2.20 bits per heavy atom. The van der Waals surface area contributed by atoms with E-state index in [1.54, 1.807) is 6.33 Å².